The highest BCUT2D eigenvalue weighted by Crippen LogP contribution is 2.62. The highest BCUT2D eigenvalue weighted by Gasteiger charge is 2.51. The first-order chi connectivity index (χ1) is 6.85. The van der Waals surface area contributed by atoms with Gasteiger partial charge in [-0.2, -0.15) is 0 Å². The molecule has 76 valence electrons. The van der Waals surface area contributed by atoms with Crippen molar-refractivity contribution in [3.05, 3.63) is 23.8 Å². The Kier molecular flexibility index (Phi) is 1.87. The predicted octanol–water partition coefficient (Wildman–Crippen LogP) is 4.09. The van der Waals surface area contributed by atoms with Gasteiger partial charge in [-0.3, -0.25) is 0 Å². The second kappa shape index (κ2) is 2.98. The molecule has 0 aromatic carbocycles. The minimum atomic E-state index is 0.660. The van der Waals surface area contributed by atoms with E-state index in [-0.39, 0.29) is 0 Å². The normalized spacial score (nSPS) is 40.9. The monoisotopic (exact) mass is 188 g/mol. The second-order valence-corrected chi connectivity index (χ2v) is 5.42. The number of allylic oxidation sites excluding steroid dienone is 4. The van der Waals surface area contributed by atoms with Crippen molar-refractivity contribution in [1.29, 1.82) is 0 Å². The van der Waals surface area contributed by atoms with Gasteiger partial charge in [0.2, 0.25) is 0 Å². The summed E-state index contributed by atoms with van der Waals surface area (Å²) in [6.07, 6.45) is 16.1. The maximum absolute atomic E-state index is 2.54. The molecule has 3 rings (SSSR count). The van der Waals surface area contributed by atoms with Crippen LogP contribution in [0.25, 0.3) is 0 Å². The molecule has 0 aromatic heterocycles. The predicted molar refractivity (Wildman–Crippen MR) is 60.0 cm³/mol. The molecule has 3 aliphatic carbocycles. The lowest BCUT2D eigenvalue weighted by molar-refractivity contribution is 0.226. The molecule has 14 heavy (non-hydrogen) atoms. The lowest BCUT2D eigenvalue weighted by Gasteiger charge is -2.44. The molecule has 0 saturated heterocycles. The lowest BCUT2D eigenvalue weighted by atomic mass is 9.60. The fourth-order valence-corrected chi connectivity index (χ4v) is 3.60. The molecule has 0 heterocycles. The van der Waals surface area contributed by atoms with Crippen molar-refractivity contribution in [3.63, 3.8) is 0 Å². The van der Waals surface area contributed by atoms with Crippen LogP contribution in [0, 0.1) is 17.3 Å². The van der Waals surface area contributed by atoms with Gasteiger partial charge in [-0.15, -0.1) is 0 Å². The number of rotatable bonds is 3. The van der Waals surface area contributed by atoms with Crippen molar-refractivity contribution < 1.29 is 0 Å². The zero-order valence-corrected chi connectivity index (χ0v) is 9.13. The van der Waals surface area contributed by atoms with Gasteiger partial charge in [0.25, 0.3) is 0 Å². The third-order valence-corrected chi connectivity index (χ3v) is 4.50. The zero-order valence-electron chi connectivity index (χ0n) is 9.13. The standard InChI is InChI=1S/C14H20/c1-2-4-12-9-13-5-3-8-14(12,13)10-11-6-7-11/h2,4,9,11,13H,3,5-8,10H2,1H3/b4-2+. The van der Waals surface area contributed by atoms with E-state index in [1.54, 1.807) is 5.57 Å². The third-order valence-electron chi connectivity index (χ3n) is 4.50. The first-order valence-corrected chi connectivity index (χ1v) is 6.20. The minimum Gasteiger partial charge on any atom is -0.0874 e. The lowest BCUT2D eigenvalue weighted by Crippen LogP contribution is -2.35. The topological polar surface area (TPSA) is 0 Å². The van der Waals surface area contributed by atoms with Crippen molar-refractivity contribution in [3.8, 4) is 0 Å². The fourth-order valence-electron chi connectivity index (χ4n) is 3.60. The molecule has 0 bridgehead atoms. The van der Waals surface area contributed by atoms with Gasteiger partial charge in [-0.1, -0.05) is 37.5 Å². The Balaban J connectivity index is 1.82. The highest BCUT2D eigenvalue weighted by atomic mass is 14.6. The van der Waals surface area contributed by atoms with Crippen molar-refractivity contribution in [1.82, 2.24) is 0 Å². The Hall–Kier alpha value is -0.520. The van der Waals surface area contributed by atoms with Crippen LogP contribution in [0.15, 0.2) is 23.8 Å². The Bertz CT molecular complexity index is 293. The average Bonchev–Trinajstić information content (AvgIpc) is 2.91. The fraction of sp³-hybridized carbons (Fsp3) is 0.714. The Morgan fingerprint density at radius 2 is 2.29 bits per heavy atom. The molecule has 3 aliphatic rings. The summed E-state index contributed by atoms with van der Waals surface area (Å²) in [5.74, 6) is 2.04. The van der Waals surface area contributed by atoms with Crippen LogP contribution in [-0.2, 0) is 0 Å². The Labute approximate surface area is 87.1 Å². The van der Waals surface area contributed by atoms with Gasteiger partial charge < -0.3 is 0 Å². The average molecular weight is 188 g/mol. The van der Waals surface area contributed by atoms with E-state index in [0.717, 1.165) is 11.8 Å². The maximum Gasteiger partial charge on any atom is 0.00154 e. The molecule has 2 unspecified atom stereocenters. The largest absolute Gasteiger partial charge is 0.0874 e. The van der Waals surface area contributed by atoms with Gasteiger partial charge in [0, 0.05) is 5.41 Å². The summed E-state index contributed by atoms with van der Waals surface area (Å²) in [6.45, 7) is 2.15. The van der Waals surface area contributed by atoms with Crippen LogP contribution >= 0.6 is 0 Å². The summed E-state index contributed by atoms with van der Waals surface area (Å²) in [6, 6.07) is 0. The third kappa shape index (κ3) is 1.12. The van der Waals surface area contributed by atoms with E-state index in [1.807, 2.05) is 0 Å². The first kappa shape index (κ1) is 8.76. The first-order valence-electron chi connectivity index (χ1n) is 6.20. The SMILES string of the molecule is C/C=C/C1=CC2CCCC12CC1CC1. The summed E-state index contributed by atoms with van der Waals surface area (Å²) >= 11 is 0. The Morgan fingerprint density at radius 3 is 2.93 bits per heavy atom. The van der Waals surface area contributed by atoms with E-state index in [1.165, 1.54) is 38.5 Å². The molecule has 2 atom stereocenters. The maximum atomic E-state index is 2.54. The number of fused-ring (bicyclic) bond motifs is 1. The van der Waals surface area contributed by atoms with Crippen LogP contribution in [0.4, 0.5) is 0 Å². The van der Waals surface area contributed by atoms with Gasteiger partial charge in [0.15, 0.2) is 0 Å². The van der Waals surface area contributed by atoms with E-state index in [2.05, 4.69) is 25.2 Å². The van der Waals surface area contributed by atoms with Crippen molar-refractivity contribution in [2.24, 2.45) is 17.3 Å². The van der Waals surface area contributed by atoms with Gasteiger partial charge >= 0.3 is 0 Å². The van der Waals surface area contributed by atoms with Gasteiger partial charge in [0.05, 0.1) is 0 Å². The molecular formula is C14H20. The van der Waals surface area contributed by atoms with Crippen molar-refractivity contribution >= 4 is 0 Å². The van der Waals surface area contributed by atoms with Gasteiger partial charge in [-0.25, -0.2) is 0 Å². The number of hydrogen-bond acceptors (Lipinski definition) is 0. The molecule has 0 radical (unpaired) electrons. The zero-order chi connectivity index (χ0) is 9.60. The van der Waals surface area contributed by atoms with E-state index < -0.39 is 0 Å². The van der Waals surface area contributed by atoms with E-state index in [9.17, 15) is 0 Å². The van der Waals surface area contributed by atoms with Crippen LogP contribution < -0.4 is 0 Å². The number of hydrogen-bond donors (Lipinski definition) is 0. The summed E-state index contributed by atoms with van der Waals surface area (Å²) < 4.78 is 0. The molecule has 0 aliphatic heterocycles. The molecule has 2 fully saturated rings. The van der Waals surface area contributed by atoms with E-state index in [0.29, 0.717) is 5.41 Å². The highest BCUT2D eigenvalue weighted by molar-refractivity contribution is 5.40. The summed E-state index contributed by atoms with van der Waals surface area (Å²) in [5.41, 5.74) is 2.34. The molecule has 2 saturated carbocycles. The Morgan fingerprint density at radius 1 is 1.43 bits per heavy atom. The molecular weight excluding hydrogens is 168 g/mol. The second-order valence-electron chi connectivity index (χ2n) is 5.42. The molecule has 0 N–H and O–H groups in total. The van der Waals surface area contributed by atoms with Crippen molar-refractivity contribution in [2.75, 3.05) is 0 Å². The van der Waals surface area contributed by atoms with Crippen LogP contribution in [0.3, 0.4) is 0 Å². The summed E-state index contributed by atoms with van der Waals surface area (Å²) in [4.78, 5) is 0. The van der Waals surface area contributed by atoms with Crippen LogP contribution in [-0.4, -0.2) is 0 Å². The van der Waals surface area contributed by atoms with E-state index >= 15 is 0 Å². The molecule has 0 spiro atoms. The van der Waals surface area contributed by atoms with Crippen LogP contribution in [0.5, 0.6) is 0 Å². The van der Waals surface area contributed by atoms with E-state index in [4.69, 9.17) is 0 Å². The molecule has 0 nitrogen and oxygen atoms in total. The van der Waals surface area contributed by atoms with Crippen molar-refractivity contribution in [2.45, 2.75) is 45.4 Å². The van der Waals surface area contributed by atoms with Crippen LogP contribution in [0.1, 0.15) is 45.4 Å². The molecule has 0 heteroatoms. The quantitative estimate of drug-likeness (QED) is 0.626. The van der Waals surface area contributed by atoms with Gasteiger partial charge in [0.1, 0.15) is 0 Å². The summed E-state index contributed by atoms with van der Waals surface area (Å²) in [7, 11) is 0. The van der Waals surface area contributed by atoms with Crippen LogP contribution in [0.2, 0.25) is 0 Å². The minimum absolute atomic E-state index is 0.660. The molecule has 0 amide bonds. The smallest absolute Gasteiger partial charge is 0.00154 e. The summed E-state index contributed by atoms with van der Waals surface area (Å²) in [5, 5.41) is 0. The van der Waals surface area contributed by atoms with Gasteiger partial charge in [-0.05, 0) is 43.6 Å². The molecule has 0 aromatic rings.